The van der Waals surface area contributed by atoms with Crippen LogP contribution in [0.5, 0.6) is 0 Å². The summed E-state index contributed by atoms with van der Waals surface area (Å²) in [6.45, 7) is 2.63. The fraction of sp³-hybridized carbons (Fsp3) is 0.600. The molecule has 0 unspecified atom stereocenters. The summed E-state index contributed by atoms with van der Waals surface area (Å²) in [4.78, 5) is 2.81. The Morgan fingerprint density at radius 3 is 2.70 bits per heavy atom. The number of fused-ring (bicyclic) bond motifs is 6. The lowest BCUT2D eigenvalue weighted by Crippen LogP contribution is -2.47. The number of rotatable bonds is 0. The van der Waals surface area contributed by atoms with E-state index in [2.05, 4.69) is 40.8 Å². The van der Waals surface area contributed by atoms with E-state index >= 15 is 0 Å². The third-order valence-electron chi connectivity index (χ3n) is 6.73. The second kappa shape index (κ2) is 5.82. The van der Waals surface area contributed by atoms with Crippen LogP contribution in [0.2, 0.25) is 0 Å². The molecule has 0 spiro atoms. The van der Waals surface area contributed by atoms with Crippen molar-refractivity contribution in [3.63, 3.8) is 0 Å². The number of hydrogen-bond acceptors (Lipinski definition) is 1. The first-order valence-electron chi connectivity index (χ1n) is 9.13. The molecule has 1 aliphatic carbocycles. The zero-order valence-corrected chi connectivity index (χ0v) is 14.8. The van der Waals surface area contributed by atoms with Crippen molar-refractivity contribution in [1.82, 2.24) is 9.47 Å². The molecule has 3 heterocycles. The van der Waals surface area contributed by atoms with Gasteiger partial charge >= 0.3 is 0 Å². The van der Waals surface area contributed by atoms with Crippen LogP contribution in [0, 0.1) is 11.8 Å². The van der Waals surface area contributed by atoms with Gasteiger partial charge in [-0.05, 0) is 42.7 Å². The van der Waals surface area contributed by atoms with Crippen LogP contribution in [0.1, 0.15) is 49.4 Å². The molecule has 1 aromatic heterocycles. The van der Waals surface area contributed by atoms with Crippen molar-refractivity contribution in [1.29, 1.82) is 0 Å². The van der Waals surface area contributed by atoms with Crippen molar-refractivity contribution in [2.45, 2.75) is 44.6 Å². The summed E-state index contributed by atoms with van der Waals surface area (Å²) in [5.41, 5.74) is 4.71. The molecule has 3 aliphatic rings. The van der Waals surface area contributed by atoms with Gasteiger partial charge in [-0.15, -0.1) is 12.4 Å². The molecule has 1 aromatic carbocycles. The number of aromatic nitrogens is 1. The Morgan fingerprint density at radius 1 is 1.04 bits per heavy atom. The van der Waals surface area contributed by atoms with Gasteiger partial charge in [0.1, 0.15) is 0 Å². The number of halogens is 1. The zero-order valence-electron chi connectivity index (χ0n) is 14.0. The predicted octanol–water partition coefficient (Wildman–Crippen LogP) is 4.71. The van der Waals surface area contributed by atoms with E-state index in [4.69, 9.17) is 0 Å². The number of aryl methyl sites for hydroxylation is 1. The molecule has 5 rings (SSSR count). The molecule has 0 radical (unpaired) electrons. The van der Waals surface area contributed by atoms with Crippen molar-refractivity contribution in [2.75, 3.05) is 13.1 Å². The minimum atomic E-state index is 0. The van der Waals surface area contributed by atoms with Gasteiger partial charge in [-0.25, -0.2) is 0 Å². The highest BCUT2D eigenvalue weighted by Crippen LogP contribution is 2.47. The lowest BCUT2D eigenvalue weighted by atomic mass is 9.71. The number of benzene rings is 1. The number of hydrogen-bond donors (Lipinski definition) is 0. The number of nitrogens with zero attached hydrogens (tertiary/aromatic N) is 2. The minimum Gasteiger partial charge on any atom is -0.346 e. The summed E-state index contributed by atoms with van der Waals surface area (Å²) in [5, 5.41) is 1.51. The fourth-order valence-corrected chi connectivity index (χ4v) is 5.67. The average Bonchev–Trinajstić information content (AvgIpc) is 2.87. The predicted molar refractivity (Wildman–Crippen MR) is 98.3 cm³/mol. The first-order valence-corrected chi connectivity index (χ1v) is 9.13. The Labute approximate surface area is 145 Å². The van der Waals surface area contributed by atoms with Gasteiger partial charge in [0.05, 0.1) is 6.04 Å². The smallest absolute Gasteiger partial charge is 0.0506 e. The van der Waals surface area contributed by atoms with Gasteiger partial charge in [0.25, 0.3) is 0 Å². The topological polar surface area (TPSA) is 8.17 Å². The standard InChI is InChI=1S/C20H26N2.ClH/c1-21-18-9-5-4-8-16(18)17-10-11-22-13-15-7-3-2-6-14(15)12-19(22)20(17)21;/h4-5,8-9,14-15,19H,2-3,6-7,10-13H2,1H3;1H/t14-,15-,19-;/m0./s1. The van der Waals surface area contributed by atoms with E-state index in [0.29, 0.717) is 6.04 Å². The monoisotopic (exact) mass is 330 g/mol. The summed E-state index contributed by atoms with van der Waals surface area (Å²) in [6.07, 6.45) is 8.55. The Hall–Kier alpha value is -0.990. The number of para-hydroxylation sites is 1. The van der Waals surface area contributed by atoms with E-state index in [0.717, 1.165) is 11.8 Å². The molecule has 1 saturated heterocycles. The molecular weight excluding hydrogens is 304 g/mol. The molecule has 2 nitrogen and oxygen atoms in total. The molecule has 0 N–H and O–H groups in total. The van der Waals surface area contributed by atoms with Gasteiger partial charge in [-0.2, -0.15) is 0 Å². The molecule has 2 aromatic rings. The van der Waals surface area contributed by atoms with Gasteiger partial charge in [0.2, 0.25) is 0 Å². The van der Waals surface area contributed by atoms with Crippen LogP contribution < -0.4 is 0 Å². The Morgan fingerprint density at radius 2 is 1.83 bits per heavy atom. The fourth-order valence-electron chi connectivity index (χ4n) is 5.67. The quantitative estimate of drug-likeness (QED) is 0.679. The molecule has 124 valence electrons. The molecule has 1 saturated carbocycles. The van der Waals surface area contributed by atoms with Gasteiger partial charge < -0.3 is 4.57 Å². The van der Waals surface area contributed by atoms with Crippen molar-refractivity contribution in [3.05, 3.63) is 35.5 Å². The van der Waals surface area contributed by atoms with Crippen molar-refractivity contribution in [3.8, 4) is 0 Å². The second-order valence-electron chi connectivity index (χ2n) is 7.74. The van der Waals surface area contributed by atoms with Gasteiger partial charge in [-0.1, -0.05) is 37.5 Å². The maximum absolute atomic E-state index is 2.81. The van der Waals surface area contributed by atoms with Gasteiger partial charge in [0, 0.05) is 36.7 Å². The van der Waals surface area contributed by atoms with E-state index in [1.165, 1.54) is 62.5 Å². The normalized spacial score (nSPS) is 30.2. The molecule has 2 aliphatic heterocycles. The second-order valence-corrected chi connectivity index (χ2v) is 7.74. The zero-order chi connectivity index (χ0) is 14.7. The van der Waals surface area contributed by atoms with E-state index < -0.39 is 0 Å². The third kappa shape index (κ3) is 2.26. The van der Waals surface area contributed by atoms with E-state index in [1.807, 2.05) is 0 Å². The first-order chi connectivity index (χ1) is 10.8. The summed E-state index contributed by atoms with van der Waals surface area (Å²) in [7, 11) is 2.29. The summed E-state index contributed by atoms with van der Waals surface area (Å²) >= 11 is 0. The minimum absolute atomic E-state index is 0. The largest absolute Gasteiger partial charge is 0.346 e. The number of piperidine rings is 1. The SMILES string of the molecule is Cl.Cn1c2c(c3ccccc31)CCN1C[C@@H]3CCCC[C@H]3C[C@@H]21. The highest BCUT2D eigenvalue weighted by Gasteiger charge is 2.41. The molecule has 0 amide bonds. The summed E-state index contributed by atoms with van der Waals surface area (Å²) in [5.74, 6) is 1.97. The highest BCUT2D eigenvalue weighted by atomic mass is 35.5. The summed E-state index contributed by atoms with van der Waals surface area (Å²) in [6, 6.07) is 9.69. The van der Waals surface area contributed by atoms with Crippen LogP contribution >= 0.6 is 12.4 Å². The van der Waals surface area contributed by atoms with Crippen LogP contribution in [0.3, 0.4) is 0 Å². The Kier molecular flexibility index (Phi) is 3.93. The van der Waals surface area contributed by atoms with Crippen LogP contribution in [0.15, 0.2) is 24.3 Å². The van der Waals surface area contributed by atoms with Gasteiger partial charge in [-0.3, -0.25) is 4.90 Å². The average molecular weight is 331 g/mol. The molecule has 23 heavy (non-hydrogen) atoms. The van der Waals surface area contributed by atoms with Crippen LogP contribution in [0.4, 0.5) is 0 Å². The molecular formula is C20H27ClN2. The van der Waals surface area contributed by atoms with Crippen LogP contribution in [-0.4, -0.2) is 22.6 Å². The van der Waals surface area contributed by atoms with Crippen LogP contribution in [0.25, 0.3) is 10.9 Å². The van der Waals surface area contributed by atoms with Crippen LogP contribution in [-0.2, 0) is 13.5 Å². The third-order valence-corrected chi connectivity index (χ3v) is 6.73. The van der Waals surface area contributed by atoms with E-state index in [1.54, 1.807) is 11.3 Å². The lowest BCUT2D eigenvalue weighted by Gasteiger charge is -2.48. The molecule has 0 bridgehead atoms. The summed E-state index contributed by atoms with van der Waals surface area (Å²) < 4.78 is 2.50. The van der Waals surface area contributed by atoms with Crippen molar-refractivity contribution >= 4 is 23.3 Å². The first kappa shape index (κ1) is 15.5. The Bertz CT molecular complexity index is 720. The highest BCUT2D eigenvalue weighted by molar-refractivity contribution is 5.86. The molecule has 2 fully saturated rings. The van der Waals surface area contributed by atoms with E-state index in [9.17, 15) is 0 Å². The molecule has 3 heteroatoms. The lowest BCUT2D eigenvalue weighted by molar-refractivity contribution is 0.0293. The van der Waals surface area contributed by atoms with Crippen molar-refractivity contribution < 1.29 is 0 Å². The van der Waals surface area contributed by atoms with Crippen molar-refractivity contribution in [2.24, 2.45) is 18.9 Å². The van der Waals surface area contributed by atoms with Gasteiger partial charge in [0.15, 0.2) is 0 Å². The van der Waals surface area contributed by atoms with E-state index in [-0.39, 0.29) is 12.4 Å². The maximum atomic E-state index is 2.81. The Balaban J connectivity index is 0.00000135. The molecule has 3 atom stereocenters. The maximum Gasteiger partial charge on any atom is 0.0506 e.